The number of amides is 1. The van der Waals surface area contributed by atoms with Gasteiger partial charge in [0.1, 0.15) is 0 Å². The molecule has 1 aromatic rings. The van der Waals surface area contributed by atoms with E-state index in [1.807, 2.05) is 36.0 Å². The number of carbonyl (C=O) groups is 1. The van der Waals surface area contributed by atoms with Crippen molar-refractivity contribution in [2.24, 2.45) is 0 Å². The molecule has 0 aromatic heterocycles. The molecule has 3 nitrogen and oxygen atoms in total. The summed E-state index contributed by atoms with van der Waals surface area (Å²) in [5, 5.41) is 6.78. The number of hydrogen-bond acceptors (Lipinski definition) is 3. The number of halogens is 1. The highest BCUT2D eigenvalue weighted by Crippen LogP contribution is 2.25. The Hall–Kier alpha value is -0.520. The summed E-state index contributed by atoms with van der Waals surface area (Å²) < 4.78 is 0.907. The van der Waals surface area contributed by atoms with Gasteiger partial charge in [-0.1, -0.05) is 12.1 Å². The molecular formula is C13H17BrN2OS. The van der Waals surface area contributed by atoms with E-state index in [4.69, 9.17) is 0 Å². The summed E-state index contributed by atoms with van der Waals surface area (Å²) in [6.07, 6.45) is 2.57. The number of nitrogens with one attached hydrogen (secondary N) is 2. The predicted octanol–water partition coefficient (Wildman–Crippen LogP) is 2.87. The maximum absolute atomic E-state index is 11.7. The Morgan fingerprint density at radius 3 is 3.00 bits per heavy atom. The molecule has 1 fully saturated rings. The molecule has 5 heteroatoms. The van der Waals surface area contributed by atoms with Crippen LogP contribution >= 0.6 is 27.7 Å². The van der Waals surface area contributed by atoms with Gasteiger partial charge in [-0.2, -0.15) is 11.8 Å². The van der Waals surface area contributed by atoms with Crippen molar-refractivity contribution in [1.29, 1.82) is 0 Å². The first kappa shape index (κ1) is 13.9. The Morgan fingerprint density at radius 2 is 2.28 bits per heavy atom. The molecule has 2 rings (SSSR count). The van der Waals surface area contributed by atoms with Crippen molar-refractivity contribution in [3.63, 3.8) is 0 Å². The minimum atomic E-state index is 0.00453. The van der Waals surface area contributed by atoms with Crippen LogP contribution in [0.15, 0.2) is 28.7 Å². The minimum Gasteiger partial charge on any atom is -0.324 e. The fourth-order valence-corrected chi connectivity index (χ4v) is 3.53. The van der Waals surface area contributed by atoms with E-state index in [9.17, 15) is 4.79 Å². The van der Waals surface area contributed by atoms with Crippen LogP contribution in [0.3, 0.4) is 0 Å². The third kappa shape index (κ3) is 4.30. The van der Waals surface area contributed by atoms with Gasteiger partial charge >= 0.3 is 0 Å². The summed E-state index contributed by atoms with van der Waals surface area (Å²) in [6, 6.07) is 7.63. The first-order valence-corrected chi connectivity index (χ1v) is 7.96. The highest BCUT2D eigenvalue weighted by atomic mass is 79.9. The van der Waals surface area contributed by atoms with Crippen molar-refractivity contribution in [1.82, 2.24) is 5.32 Å². The molecule has 0 saturated carbocycles. The second-order valence-electron chi connectivity index (χ2n) is 4.29. The van der Waals surface area contributed by atoms with Crippen molar-refractivity contribution >= 4 is 39.3 Å². The zero-order valence-electron chi connectivity index (χ0n) is 10.1. The van der Waals surface area contributed by atoms with E-state index >= 15 is 0 Å². The van der Waals surface area contributed by atoms with Crippen molar-refractivity contribution in [2.45, 2.75) is 18.1 Å². The topological polar surface area (TPSA) is 41.1 Å². The molecule has 1 atom stereocenters. The van der Waals surface area contributed by atoms with Crippen LogP contribution in [0.5, 0.6) is 0 Å². The molecule has 0 spiro atoms. The monoisotopic (exact) mass is 328 g/mol. The van der Waals surface area contributed by atoms with Crippen LogP contribution in [0.4, 0.5) is 5.69 Å². The van der Waals surface area contributed by atoms with Gasteiger partial charge < -0.3 is 10.6 Å². The van der Waals surface area contributed by atoms with Crippen LogP contribution in [-0.4, -0.2) is 30.0 Å². The quantitative estimate of drug-likeness (QED) is 0.873. The molecule has 1 saturated heterocycles. The molecule has 1 aliphatic rings. The van der Waals surface area contributed by atoms with Crippen molar-refractivity contribution in [2.75, 3.05) is 24.2 Å². The summed E-state index contributed by atoms with van der Waals surface area (Å²) in [7, 11) is 0. The van der Waals surface area contributed by atoms with Crippen molar-refractivity contribution < 1.29 is 4.79 Å². The highest BCUT2D eigenvalue weighted by molar-refractivity contribution is 9.10. The van der Waals surface area contributed by atoms with Gasteiger partial charge in [-0.25, -0.2) is 0 Å². The number of hydrogen-bond donors (Lipinski definition) is 2. The Labute approximate surface area is 120 Å². The molecule has 1 aromatic carbocycles. The Morgan fingerprint density at radius 1 is 1.44 bits per heavy atom. The third-order valence-electron chi connectivity index (χ3n) is 2.83. The van der Waals surface area contributed by atoms with Crippen LogP contribution < -0.4 is 10.6 Å². The number of carbonyl (C=O) groups excluding carboxylic acids is 1. The molecule has 2 N–H and O–H groups in total. The van der Waals surface area contributed by atoms with Gasteiger partial charge in [-0.05, 0) is 46.7 Å². The average Bonchev–Trinajstić information content (AvgIpc) is 2.85. The van der Waals surface area contributed by atoms with Gasteiger partial charge in [0.25, 0.3) is 0 Å². The van der Waals surface area contributed by atoms with E-state index in [1.54, 1.807) is 0 Å². The standard InChI is InChI=1S/C13H17BrN2OS/c14-11-5-1-2-6-12(11)16-13(17)9-15-8-10-4-3-7-18-10/h1-2,5-6,10,15H,3-4,7-9H2,(H,16,17). The summed E-state index contributed by atoms with van der Waals surface area (Å²) in [5.41, 5.74) is 0.819. The second-order valence-corrected chi connectivity index (χ2v) is 6.56. The maximum Gasteiger partial charge on any atom is 0.238 e. The largest absolute Gasteiger partial charge is 0.324 e. The lowest BCUT2D eigenvalue weighted by Gasteiger charge is -2.11. The lowest BCUT2D eigenvalue weighted by molar-refractivity contribution is -0.115. The fourth-order valence-electron chi connectivity index (χ4n) is 1.91. The maximum atomic E-state index is 11.7. The molecule has 18 heavy (non-hydrogen) atoms. The molecular weight excluding hydrogens is 312 g/mol. The Kier molecular flexibility index (Phi) is 5.53. The number of benzene rings is 1. The molecule has 1 unspecified atom stereocenters. The SMILES string of the molecule is O=C(CNCC1CCCS1)Nc1ccccc1Br. The van der Waals surface area contributed by atoms with E-state index < -0.39 is 0 Å². The number of anilines is 1. The van der Waals surface area contributed by atoms with Gasteiger partial charge in [0, 0.05) is 16.3 Å². The van der Waals surface area contributed by atoms with Crippen LogP contribution in [0.1, 0.15) is 12.8 Å². The van der Waals surface area contributed by atoms with E-state index in [2.05, 4.69) is 26.6 Å². The van der Waals surface area contributed by atoms with E-state index in [0.717, 1.165) is 16.7 Å². The van der Waals surface area contributed by atoms with Gasteiger partial charge in [0.05, 0.1) is 12.2 Å². The van der Waals surface area contributed by atoms with Crippen LogP contribution in [0.25, 0.3) is 0 Å². The predicted molar refractivity (Wildman–Crippen MR) is 81.1 cm³/mol. The second kappa shape index (κ2) is 7.16. The van der Waals surface area contributed by atoms with E-state index in [0.29, 0.717) is 11.8 Å². The first-order valence-electron chi connectivity index (χ1n) is 6.12. The molecule has 1 amide bonds. The Bertz CT molecular complexity index is 408. The smallest absolute Gasteiger partial charge is 0.238 e. The summed E-state index contributed by atoms with van der Waals surface area (Å²) >= 11 is 5.41. The van der Waals surface area contributed by atoms with Crippen LogP contribution in [0, 0.1) is 0 Å². The average molecular weight is 329 g/mol. The third-order valence-corrected chi connectivity index (χ3v) is 4.92. The molecule has 1 heterocycles. The zero-order chi connectivity index (χ0) is 12.8. The summed E-state index contributed by atoms with van der Waals surface area (Å²) in [4.78, 5) is 11.7. The van der Waals surface area contributed by atoms with Gasteiger partial charge in [0.15, 0.2) is 0 Å². The number of para-hydroxylation sites is 1. The van der Waals surface area contributed by atoms with Crippen LogP contribution in [-0.2, 0) is 4.79 Å². The molecule has 1 aliphatic heterocycles. The Balaban J connectivity index is 1.70. The van der Waals surface area contributed by atoms with Gasteiger partial charge in [-0.15, -0.1) is 0 Å². The summed E-state index contributed by atoms with van der Waals surface area (Å²) in [6.45, 7) is 1.30. The van der Waals surface area contributed by atoms with Crippen molar-refractivity contribution in [3.8, 4) is 0 Å². The van der Waals surface area contributed by atoms with Crippen LogP contribution in [0.2, 0.25) is 0 Å². The van der Waals surface area contributed by atoms with Gasteiger partial charge in [-0.3, -0.25) is 4.79 Å². The number of rotatable bonds is 5. The fraction of sp³-hybridized carbons (Fsp3) is 0.462. The lowest BCUT2D eigenvalue weighted by Crippen LogP contribution is -2.32. The summed E-state index contributed by atoms with van der Waals surface area (Å²) in [5.74, 6) is 1.26. The first-order chi connectivity index (χ1) is 8.75. The lowest BCUT2D eigenvalue weighted by atomic mass is 10.2. The van der Waals surface area contributed by atoms with E-state index in [-0.39, 0.29) is 5.91 Å². The highest BCUT2D eigenvalue weighted by Gasteiger charge is 2.15. The molecule has 0 aliphatic carbocycles. The van der Waals surface area contributed by atoms with Crippen molar-refractivity contribution in [3.05, 3.63) is 28.7 Å². The molecule has 0 radical (unpaired) electrons. The minimum absolute atomic E-state index is 0.00453. The normalized spacial score (nSPS) is 18.8. The molecule has 98 valence electrons. The van der Waals surface area contributed by atoms with Gasteiger partial charge in [0.2, 0.25) is 5.91 Å². The van der Waals surface area contributed by atoms with E-state index in [1.165, 1.54) is 18.6 Å². The zero-order valence-corrected chi connectivity index (χ0v) is 12.5. The molecule has 0 bridgehead atoms. The number of thioether (sulfide) groups is 1.